The lowest BCUT2D eigenvalue weighted by molar-refractivity contribution is 0.292. The second-order valence-corrected chi connectivity index (χ2v) is 6.40. The molecule has 1 N–H and O–H groups in total. The van der Waals surface area contributed by atoms with E-state index in [9.17, 15) is 25.9 Å². The first-order valence-corrected chi connectivity index (χ1v) is 8.92. The minimum Gasteiger partial charge on any atom is -0.489 e. The van der Waals surface area contributed by atoms with Crippen molar-refractivity contribution in [2.24, 2.45) is 0 Å². The predicted octanol–water partition coefficient (Wildman–Crippen LogP) is 2.89. The molecule has 0 aliphatic rings. The summed E-state index contributed by atoms with van der Waals surface area (Å²) in [7, 11) is -5.15. The smallest absolute Gasteiger partial charge is 0.488 e. The Morgan fingerprint density at radius 1 is 1.04 bits per heavy atom. The van der Waals surface area contributed by atoms with Crippen molar-refractivity contribution in [3.8, 4) is 22.8 Å². The van der Waals surface area contributed by atoms with Crippen molar-refractivity contribution < 1.29 is 30.0 Å². The lowest BCUT2D eigenvalue weighted by Crippen LogP contribution is -2.06. The molecule has 28 heavy (non-hydrogen) atoms. The van der Waals surface area contributed by atoms with Crippen LogP contribution in [0.5, 0.6) is 11.5 Å². The first kappa shape index (κ1) is 19.4. The quantitative estimate of drug-likeness (QED) is 0.625. The Bertz CT molecular complexity index is 1120. The van der Waals surface area contributed by atoms with Crippen LogP contribution in [0.1, 0.15) is 5.56 Å². The first-order chi connectivity index (χ1) is 13.2. The molecule has 0 atom stereocenters. The van der Waals surface area contributed by atoms with Crippen molar-refractivity contribution in [3.63, 3.8) is 0 Å². The van der Waals surface area contributed by atoms with Crippen LogP contribution in [0.25, 0.3) is 11.3 Å². The van der Waals surface area contributed by atoms with Crippen LogP contribution in [0, 0.1) is 11.6 Å². The van der Waals surface area contributed by atoms with E-state index in [4.69, 9.17) is 4.74 Å². The van der Waals surface area contributed by atoms with E-state index in [0.717, 1.165) is 30.5 Å². The van der Waals surface area contributed by atoms with Crippen LogP contribution in [-0.2, 0) is 17.1 Å². The second-order valence-electron chi connectivity index (χ2n) is 5.45. The fourth-order valence-corrected chi connectivity index (χ4v) is 2.59. The van der Waals surface area contributed by atoms with E-state index in [2.05, 4.69) is 14.2 Å². The van der Waals surface area contributed by atoms with Gasteiger partial charge in [-0.3, -0.25) is 4.79 Å². The molecule has 0 bridgehead atoms. The zero-order chi connectivity index (χ0) is 20.3. The Labute approximate surface area is 156 Å². The van der Waals surface area contributed by atoms with Gasteiger partial charge in [0.2, 0.25) is 0 Å². The van der Waals surface area contributed by atoms with Gasteiger partial charge in [-0.25, -0.2) is 13.8 Å². The van der Waals surface area contributed by atoms with Crippen molar-refractivity contribution in [2.75, 3.05) is 0 Å². The molecule has 0 radical (unpaired) electrons. The van der Waals surface area contributed by atoms with Gasteiger partial charge in [0.25, 0.3) is 5.56 Å². The molecule has 146 valence electrons. The zero-order valence-corrected chi connectivity index (χ0v) is 14.7. The summed E-state index contributed by atoms with van der Waals surface area (Å²) in [4.78, 5) is 17.2. The molecule has 0 unspecified atom stereocenters. The number of nitrogens with one attached hydrogen (secondary N) is 1. The van der Waals surface area contributed by atoms with Gasteiger partial charge in [0.1, 0.15) is 29.7 Å². The molecule has 11 heteroatoms. The number of hydrogen-bond donors (Lipinski definition) is 1. The summed E-state index contributed by atoms with van der Waals surface area (Å²) in [5, 5.41) is 0. The zero-order valence-electron chi connectivity index (χ0n) is 13.9. The Hall–Kier alpha value is -3.34. The molecule has 7 nitrogen and oxygen atoms in total. The molecule has 0 spiro atoms. The highest BCUT2D eigenvalue weighted by Gasteiger charge is 2.14. The Balaban J connectivity index is 1.74. The predicted molar refractivity (Wildman–Crippen MR) is 91.6 cm³/mol. The van der Waals surface area contributed by atoms with Gasteiger partial charge in [-0.15, -0.1) is 0 Å². The van der Waals surface area contributed by atoms with Gasteiger partial charge in [0.05, 0.1) is 17.5 Å². The molecule has 0 aliphatic heterocycles. The highest BCUT2D eigenvalue weighted by Crippen LogP contribution is 2.25. The standard InChI is InChI=1S/C17H11F3N2O5S/c18-14-5-10(16-7-22-17(23)8-21-16)6-15(19)13(14)9-26-11-1-3-12(4-2-11)27-28(20,24)25/h1-8H,9H2,(H,22,23). The number of benzene rings is 2. The SMILES string of the molecule is O=c1cnc(-c2cc(F)c(COc3ccc(OS(=O)(=O)F)cc3)c(F)c2)c[nH]1. The summed E-state index contributed by atoms with van der Waals surface area (Å²) < 4.78 is 71.0. The minimum atomic E-state index is -5.15. The van der Waals surface area contributed by atoms with Crippen LogP contribution in [0.15, 0.2) is 53.6 Å². The molecular formula is C17H11F3N2O5S. The summed E-state index contributed by atoms with van der Waals surface area (Å²) in [5.41, 5.74) is -0.484. The third-order valence-electron chi connectivity index (χ3n) is 3.51. The third kappa shape index (κ3) is 4.88. The Morgan fingerprint density at radius 3 is 2.18 bits per heavy atom. The summed E-state index contributed by atoms with van der Waals surface area (Å²) in [5.74, 6) is -1.91. The summed E-state index contributed by atoms with van der Waals surface area (Å²) in [6.45, 7) is -0.460. The van der Waals surface area contributed by atoms with E-state index in [0.29, 0.717) is 0 Å². The van der Waals surface area contributed by atoms with Gasteiger partial charge in [-0.05, 0) is 36.4 Å². The van der Waals surface area contributed by atoms with Gasteiger partial charge >= 0.3 is 10.5 Å². The van der Waals surface area contributed by atoms with Crippen LogP contribution in [0.2, 0.25) is 0 Å². The molecule has 0 saturated carbocycles. The lowest BCUT2D eigenvalue weighted by atomic mass is 10.1. The van der Waals surface area contributed by atoms with Crippen molar-refractivity contribution >= 4 is 10.5 Å². The normalized spacial score (nSPS) is 11.2. The molecule has 2 aromatic carbocycles. The minimum absolute atomic E-state index is 0.129. The van der Waals surface area contributed by atoms with Crippen molar-refractivity contribution in [1.29, 1.82) is 0 Å². The fraction of sp³-hybridized carbons (Fsp3) is 0.0588. The average molecular weight is 412 g/mol. The number of nitrogens with zero attached hydrogens (tertiary/aromatic N) is 1. The van der Waals surface area contributed by atoms with Crippen LogP contribution >= 0.6 is 0 Å². The molecule has 0 saturated heterocycles. The van der Waals surface area contributed by atoms with Gasteiger partial charge in [-0.1, -0.05) is 3.89 Å². The number of hydrogen-bond acceptors (Lipinski definition) is 6. The van der Waals surface area contributed by atoms with Crippen molar-refractivity contribution in [1.82, 2.24) is 9.97 Å². The van der Waals surface area contributed by atoms with Crippen LogP contribution in [0.3, 0.4) is 0 Å². The Morgan fingerprint density at radius 2 is 1.64 bits per heavy atom. The molecular weight excluding hydrogens is 401 g/mol. The van der Waals surface area contributed by atoms with E-state index in [-0.39, 0.29) is 28.3 Å². The van der Waals surface area contributed by atoms with Gasteiger partial charge < -0.3 is 13.9 Å². The van der Waals surface area contributed by atoms with E-state index in [1.54, 1.807) is 0 Å². The fourth-order valence-electron chi connectivity index (χ4n) is 2.25. The molecule has 3 aromatic rings. The maximum Gasteiger partial charge on any atom is 0.488 e. The summed E-state index contributed by atoms with van der Waals surface area (Å²) in [6, 6.07) is 6.81. The maximum absolute atomic E-state index is 14.3. The van der Waals surface area contributed by atoms with Crippen molar-refractivity contribution in [2.45, 2.75) is 6.61 Å². The number of rotatable bonds is 6. The van der Waals surface area contributed by atoms with Gasteiger partial charge in [0.15, 0.2) is 0 Å². The van der Waals surface area contributed by atoms with E-state index >= 15 is 0 Å². The van der Waals surface area contributed by atoms with Crippen molar-refractivity contribution in [3.05, 3.63) is 76.3 Å². The number of aromatic nitrogens is 2. The third-order valence-corrected chi connectivity index (χ3v) is 3.90. The molecule has 0 fully saturated rings. The van der Waals surface area contributed by atoms with Gasteiger partial charge in [0, 0.05) is 11.8 Å². The molecule has 1 heterocycles. The number of aromatic amines is 1. The average Bonchev–Trinajstić information content (AvgIpc) is 2.61. The molecule has 0 aliphatic carbocycles. The second kappa shape index (κ2) is 7.72. The van der Waals surface area contributed by atoms with Crippen LogP contribution in [0.4, 0.5) is 12.7 Å². The number of ether oxygens (including phenoxy) is 1. The summed E-state index contributed by atoms with van der Waals surface area (Å²) >= 11 is 0. The lowest BCUT2D eigenvalue weighted by Gasteiger charge is -2.10. The molecule has 3 rings (SSSR count). The largest absolute Gasteiger partial charge is 0.489 e. The molecule has 0 amide bonds. The van der Waals surface area contributed by atoms with E-state index < -0.39 is 34.3 Å². The highest BCUT2D eigenvalue weighted by atomic mass is 32.3. The van der Waals surface area contributed by atoms with Crippen LogP contribution < -0.4 is 14.5 Å². The number of H-pyrrole nitrogens is 1. The monoisotopic (exact) mass is 412 g/mol. The molecule has 1 aromatic heterocycles. The van der Waals surface area contributed by atoms with E-state index in [1.807, 2.05) is 0 Å². The van der Waals surface area contributed by atoms with Gasteiger partial charge in [-0.2, -0.15) is 8.42 Å². The topological polar surface area (TPSA) is 98.3 Å². The summed E-state index contributed by atoms with van der Waals surface area (Å²) in [6.07, 6.45) is 2.22. The Kier molecular flexibility index (Phi) is 5.36. The highest BCUT2D eigenvalue weighted by molar-refractivity contribution is 7.81. The van der Waals surface area contributed by atoms with E-state index in [1.165, 1.54) is 18.3 Å². The number of halogens is 3. The maximum atomic E-state index is 14.3. The first-order valence-electron chi connectivity index (χ1n) is 7.61. The van der Waals surface area contributed by atoms with Crippen LogP contribution in [-0.4, -0.2) is 18.4 Å².